The summed E-state index contributed by atoms with van der Waals surface area (Å²) >= 11 is 0. The molecule has 2 aromatic rings. The Morgan fingerprint density at radius 2 is 1.85 bits per heavy atom. The third kappa shape index (κ3) is 2.99. The van der Waals surface area contributed by atoms with Crippen molar-refractivity contribution in [2.24, 2.45) is 5.73 Å². The number of aromatic nitrogens is 1. The van der Waals surface area contributed by atoms with E-state index in [1.807, 2.05) is 12.1 Å². The molecule has 3 heteroatoms. The summed E-state index contributed by atoms with van der Waals surface area (Å²) in [5.74, 6) is 0.613. The summed E-state index contributed by atoms with van der Waals surface area (Å²) in [6.45, 7) is 6.40. The number of methoxy groups -OCH3 is 1. The zero-order valence-corrected chi connectivity index (χ0v) is 12.6. The molecule has 1 heterocycles. The maximum atomic E-state index is 6.36. The molecule has 2 rings (SSSR count). The van der Waals surface area contributed by atoms with Crippen LogP contribution in [0.5, 0.6) is 5.88 Å². The van der Waals surface area contributed by atoms with Crippen LogP contribution in [-0.2, 0) is 6.42 Å². The normalized spacial score (nSPS) is 12.2. The fraction of sp³-hybridized carbons (Fsp3) is 0.353. The molecular weight excluding hydrogens is 248 g/mol. The number of ether oxygens (including phenoxy) is 1. The summed E-state index contributed by atoms with van der Waals surface area (Å²) in [6.07, 6.45) is 2.51. The van der Waals surface area contributed by atoms with E-state index in [1.165, 1.54) is 22.3 Å². The molecule has 0 spiro atoms. The number of pyridine rings is 1. The van der Waals surface area contributed by atoms with Crippen LogP contribution in [0.1, 0.15) is 33.9 Å². The molecule has 0 radical (unpaired) electrons. The van der Waals surface area contributed by atoms with Crippen LogP contribution in [0.3, 0.4) is 0 Å². The van der Waals surface area contributed by atoms with Gasteiger partial charge in [0.1, 0.15) is 0 Å². The Balaban J connectivity index is 2.30. The van der Waals surface area contributed by atoms with Gasteiger partial charge in [-0.25, -0.2) is 4.98 Å². The molecule has 0 aliphatic rings. The summed E-state index contributed by atoms with van der Waals surface area (Å²) in [7, 11) is 1.63. The van der Waals surface area contributed by atoms with Crippen molar-refractivity contribution >= 4 is 0 Å². The van der Waals surface area contributed by atoms with Crippen LogP contribution < -0.4 is 10.5 Å². The first-order valence-electron chi connectivity index (χ1n) is 6.84. The average Bonchev–Trinajstić information content (AvgIpc) is 2.42. The summed E-state index contributed by atoms with van der Waals surface area (Å²) in [6, 6.07) is 8.17. The molecule has 3 nitrogen and oxygen atoms in total. The molecule has 0 saturated carbocycles. The molecule has 1 unspecified atom stereocenters. The summed E-state index contributed by atoms with van der Waals surface area (Å²) < 4.78 is 5.29. The van der Waals surface area contributed by atoms with Gasteiger partial charge in [0.2, 0.25) is 5.88 Å². The maximum absolute atomic E-state index is 6.36. The first kappa shape index (κ1) is 14.5. The minimum Gasteiger partial charge on any atom is -0.481 e. The van der Waals surface area contributed by atoms with Crippen molar-refractivity contribution in [1.29, 1.82) is 0 Å². The zero-order chi connectivity index (χ0) is 14.7. The number of benzene rings is 1. The van der Waals surface area contributed by atoms with E-state index in [0.29, 0.717) is 5.88 Å². The van der Waals surface area contributed by atoms with E-state index in [9.17, 15) is 0 Å². The molecule has 1 atom stereocenters. The lowest BCUT2D eigenvalue weighted by atomic mass is 9.92. The van der Waals surface area contributed by atoms with Crippen LogP contribution in [0, 0.1) is 20.8 Å². The second kappa shape index (κ2) is 6.06. The van der Waals surface area contributed by atoms with Gasteiger partial charge < -0.3 is 10.5 Å². The Morgan fingerprint density at radius 1 is 1.20 bits per heavy atom. The monoisotopic (exact) mass is 270 g/mol. The molecule has 0 bridgehead atoms. The van der Waals surface area contributed by atoms with Gasteiger partial charge in [-0.15, -0.1) is 0 Å². The first-order chi connectivity index (χ1) is 9.52. The van der Waals surface area contributed by atoms with Gasteiger partial charge in [0.05, 0.1) is 7.11 Å². The molecule has 0 aliphatic heterocycles. The highest BCUT2D eigenvalue weighted by Gasteiger charge is 2.15. The zero-order valence-electron chi connectivity index (χ0n) is 12.6. The fourth-order valence-corrected chi connectivity index (χ4v) is 2.72. The van der Waals surface area contributed by atoms with Gasteiger partial charge in [-0.3, -0.25) is 0 Å². The van der Waals surface area contributed by atoms with Gasteiger partial charge in [-0.2, -0.15) is 0 Å². The molecule has 0 saturated heterocycles. The highest BCUT2D eigenvalue weighted by atomic mass is 16.5. The molecule has 0 aliphatic carbocycles. The Bertz CT molecular complexity index is 585. The van der Waals surface area contributed by atoms with Crippen LogP contribution in [0.15, 0.2) is 30.5 Å². The highest BCUT2D eigenvalue weighted by Crippen LogP contribution is 2.26. The van der Waals surface area contributed by atoms with Gasteiger partial charge in [-0.1, -0.05) is 23.8 Å². The summed E-state index contributed by atoms with van der Waals surface area (Å²) in [4.78, 5) is 4.22. The Morgan fingerprint density at radius 3 is 2.45 bits per heavy atom. The van der Waals surface area contributed by atoms with Crippen molar-refractivity contribution in [2.75, 3.05) is 7.11 Å². The number of rotatable bonds is 4. The van der Waals surface area contributed by atoms with E-state index in [2.05, 4.69) is 37.9 Å². The lowest BCUT2D eigenvalue weighted by Crippen LogP contribution is -2.16. The third-order valence-electron chi connectivity index (χ3n) is 3.66. The number of aryl methyl sites for hydroxylation is 3. The standard InChI is InChI=1S/C17H22N2O/c1-11-8-12(2)15(13(3)9-11)10-16(18)14-6-5-7-19-17(14)20-4/h5-9,16H,10,18H2,1-4H3. The van der Waals surface area contributed by atoms with Crippen LogP contribution >= 0.6 is 0 Å². The lowest BCUT2D eigenvalue weighted by molar-refractivity contribution is 0.388. The molecule has 1 aromatic carbocycles. The molecule has 106 valence electrons. The van der Waals surface area contributed by atoms with Crippen LogP contribution in [0.25, 0.3) is 0 Å². The van der Waals surface area contributed by atoms with Crippen molar-refractivity contribution in [3.63, 3.8) is 0 Å². The molecule has 0 amide bonds. The Kier molecular flexibility index (Phi) is 4.40. The maximum Gasteiger partial charge on any atom is 0.217 e. The van der Waals surface area contributed by atoms with Crippen molar-refractivity contribution in [3.8, 4) is 5.88 Å². The number of nitrogens with zero attached hydrogens (tertiary/aromatic N) is 1. The number of hydrogen-bond acceptors (Lipinski definition) is 3. The minimum absolute atomic E-state index is 0.112. The second-order valence-corrected chi connectivity index (χ2v) is 5.29. The summed E-state index contributed by atoms with van der Waals surface area (Å²) in [5.41, 5.74) is 12.5. The van der Waals surface area contributed by atoms with Crippen molar-refractivity contribution in [3.05, 3.63) is 58.3 Å². The number of hydrogen-bond donors (Lipinski definition) is 1. The van der Waals surface area contributed by atoms with Crippen LogP contribution in [0.2, 0.25) is 0 Å². The number of nitrogens with two attached hydrogens (primary N) is 1. The molecule has 1 aromatic heterocycles. The Labute approximate surface area is 120 Å². The second-order valence-electron chi connectivity index (χ2n) is 5.29. The smallest absolute Gasteiger partial charge is 0.217 e. The SMILES string of the molecule is COc1ncccc1C(N)Cc1c(C)cc(C)cc1C. The highest BCUT2D eigenvalue weighted by molar-refractivity contribution is 5.39. The molecular formula is C17H22N2O. The van der Waals surface area contributed by atoms with Crippen LogP contribution in [-0.4, -0.2) is 12.1 Å². The largest absolute Gasteiger partial charge is 0.481 e. The molecule has 20 heavy (non-hydrogen) atoms. The average molecular weight is 270 g/mol. The van der Waals surface area contributed by atoms with Crippen molar-refractivity contribution < 1.29 is 4.74 Å². The topological polar surface area (TPSA) is 48.1 Å². The van der Waals surface area contributed by atoms with E-state index >= 15 is 0 Å². The van der Waals surface area contributed by atoms with E-state index < -0.39 is 0 Å². The van der Waals surface area contributed by atoms with E-state index in [-0.39, 0.29) is 6.04 Å². The molecule has 0 fully saturated rings. The predicted octanol–water partition coefficient (Wildman–Crippen LogP) is 3.26. The van der Waals surface area contributed by atoms with Crippen LogP contribution in [0.4, 0.5) is 0 Å². The van der Waals surface area contributed by atoms with Gasteiger partial charge in [-0.05, 0) is 49.9 Å². The van der Waals surface area contributed by atoms with E-state index in [4.69, 9.17) is 10.5 Å². The summed E-state index contributed by atoms with van der Waals surface area (Å²) in [5, 5.41) is 0. The van der Waals surface area contributed by atoms with E-state index in [1.54, 1.807) is 13.3 Å². The van der Waals surface area contributed by atoms with Crippen molar-refractivity contribution in [2.45, 2.75) is 33.2 Å². The molecule has 2 N–H and O–H groups in total. The quantitative estimate of drug-likeness (QED) is 0.927. The third-order valence-corrected chi connectivity index (χ3v) is 3.66. The van der Waals surface area contributed by atoms with Gasteiger partial charge in [0.25, 0.3) is 0 Å². The van der Waals surface area contributed by atoms with E-state index in [0.717, 1.165) is 12.0 Å². The first-order valence-corrected chi connectivity index (χ1v) is 6.84. The Hall–Kier alpha value is -1.87. The predicted molar refractivity (Wildman–Crippen MR) is 82.1 cm³/mol. The van der Waals surface area contributed by atoms with Crippen molar-refractivity contribution in [1.82, 2.24) is 4.98 Å². The fourth-order valence-electron chi connectivity index (χ4n) is 2.72. The van der Waals surface area contributed by atoms with Gasteiger partial charge >= 0.3 is 0 Å². The lowest BCUT2D eigenvalue weighted by Gasteiger charge is -2.18. The van der Waals surface area contributed by atoms with Gasteiger partial charge in [0, 0.05) is 17.8 Å². The minimum atomic E-state index is -0.112. The van der Waals surface area contributed by atoms with Gasteiger partial charge in [0.15, 0.2) is 0 Å².